The summed E-state index contributed by atoms with van der Waals surface area (Å²) in [4.78, 5) is 29.1. The molecule has 7 heteroatoms. The van der Waals surface area contributed by atoms with Gasteiger partial charge < -0.3 is 15.2 Å². The van der Waals surface area contributed by atoms with Crippen molar-refractivity contribution in [3.8, 4) is 11.3 Å². The number of rotatable bonds is 4. The molecule has 0 aliphatic heterocycles. The zero-order chi connectivity index (χ0) is 23.8. The topological polar surface area (TPSA) is 93.5 Å². The van der Waals surface area contributed by atoms with Crippen LogP contribution in [0.25, 0.3) is 22.2 Å². The molecule has 0 atom stereocenters. The third-order valence-corrected chi connectivity index (χ3v) is 5.06. The Labute approximate surface area is 188 Å². The molecule has 0 saturated carbocycles. The summed E-state index contributed by atoms with van der Waals surface area (Å²) in [7, 11) is 0. The summed E-state index contributed by atoms with van der Waals surface area (Å²) in [5.74, 6) is 0.0459. The highest BCUT2D eigenvalue weighted by Gasteiger charge is 2.26. The van der Waals surface area contributed by atoms with Crippen LogP contribution in [0.4, 0.5) is 9.59 Å². The van der Waals surface area contributed by atoms with Gasteiger partial charge in [-0.15, -0.1) is 0 Å². The summed E-state index contributed by atoms with van der Waals surface area (Å²) in [6.45, 7) is 13.5. The summed E-state index contributed by atoms with van der Waals surface area (Å²) in [6.07, 6.45) is -1.57. The molecule has 0 aliphatic carbocycles. The number of benzene rings is 1. The fraction of sp³-hybridized carbons (Fsp3) is 0.400. The lowest BCUT2D eigenvalue weighted by Crippen LogP contribution is -2.32. The number of aromatic nitrogens is 2. The van der Waals surface area contributed by atoms with Crippen LogP contribution in [0.3, 0.4) is 0 Å². The molecule has 0 aliphatic rings. The van der Waals surface area contributed by atoms with Gasteiger partial charge in [-0.3, -0.25) is 4.98 Å². The van der Waals surface area contributed by atoms with Crippen molar-refractivity contribution < 1.29 is 19.4 Å². The first-order valence-corrected chi connectivity index (χ1v) is 10.7. The van der Waals surface area contributed by atoms with Crippen LogP contribution in [0, 0.1) is 13.8 Å². The van der Waals surface area contributed by atoms with Gasteiger partial charge in [0.15, 0.2) is 0 Å². The van der Waals surface area contributed by atoms with E-state index < -0.39 is 17.8 Å². The van der Waals surface area contributed by atoms with Crippen molar-refractivity contribution in [1.82, 2.24) is 14.9 Å². The smallest absolute Gasteiger partial charge is 0.416 e. The lowest BCUT2D eigenvalue weighted by Gasteiger charge is -2.20. The van der Waals surface area contributed by atoms with Crippen molar-refractivity contribution in [3.63, 3.8) is 0 Å². The van der Waals surface area contributed by atoms with Crippen LogP contribution in [0.2, 0.25) is 0 Å². The molecular formula is C25H31N3O4. The van der Waals surface area contributed by atoms with Crippen molar-refractivity contribution in [2.75, 3.05) is 0 Å². The number of nitrogens with zero attached hydrogens (tertiary/aromatic N) is 2. The third kappa shape index (κ3) is 4.77. The minimum Gasteiger partial charge on any atom is -0.464 e. The van der Waals surface area contributed by atoms with E-state index in [4.69, 9.17) is 4.74 Å². The average Bonchev–Trinajstić information content (AvgIpc) is 3.00. The van der Waals surface area contributed by atoms with Crippen molar-refractivity contribution in [1.29, 1.82) is 0 Å². The fourth-order valence-electron chi connectivity index (χ4n) is 4.09. The van der Waals surface area contributed by atoms with Gasteiger partial charge in [0.05, 0.1) is 11.2 Å². The summed E-state index contributed by atoms with van der Waals surface area (Å²) in [5, 5.41) is 13.8. The number of hydrogen-bond donors (Lipinski definition) is 2. The maximum Gasteiger partial charge on any atom is 0.416 e. The van der Waals surface area contributed by atoms with Gasteiger partial charge in [0.1, 0.15) is 5.60 Å². The third-order valence-electron chi connectivity index (χ3n) is 5.06. The molecular weight excluding hydrogens is 406 g/mol. The van der Waals surface area contributed by atoms with E-state index in [2.05, 4.69) is 10.3 Å². The van der Waals surface area contributed by atoms with Gasteiger partial charge in [-0.05, 0) is 69.9 Å². The van der Waals surface area contributed by atoms with Crippen molar-refractivity contribution in [2.45, 2.75) is 66.5 Å². The molecule has 3 aromatic rings. The molecule has 1 amide bonds. The Balaban J connectivity index is 2.23. The van der Waals surface area contributed by atoms with E-state index in [1.165, 1.54) is 4.57 Å². The van der Waals surface area contributed by atoms with Gasteiger partial charge in [0, 0.05) is 28.9 Å². The molecule has 2 heterocycles. The van der Waals surface area contributed by atoms with E-state index in [0.29, 0.717) is 11.2 Å². The first kappa shape index (κ1) is 23.3. The van der Waals surface area contributed by atoms with Crippen LogP contribution < -0.4 is 5.32 Å². The second-order valence-corrected chi connectivity index (χ2v) is 9.34. The van der Waals surface area contributed by atoms with Gasteiger partial charge in [0.2, 0.25) is 0 Å². The number of pyridine rings is 1. The van der Waals surface area contributed by atoms with Gasteiger partial charge in [0.25, 0.3) is 0 Å². The largest absolute Gasteiger partial charge is 0.464 e. The molecule has 7 nitrogen and oxygen atoms in total. The second kappa shape index (κ2) is 8.65. The summed E-state index contributed by atoms with van der Waals surface area (Å²) in [6, 6.07) is 9.34. The second-order valence-electron chi connectivity index (χ2n) is 9.34. The highest BCUT2D eigenvalue weighted by Crippen LogP contribution is 2.40. The van der Waals surface area contributed by atoms with E-state index >= 15 is 0 Å². The van der Waals surface area contributed by atoms with Crippen molar-refractivity contribution in [2.24, 2.45) is 0 Å². The van der Waals surface area contributed by atoms with E-state index in [9.17, 15) is 14.7 Å². The summed E-state index contributed by atoms with van der Waals surface area (Å²) in [5.41, 5.74) is 4.84. The number of carbonyl (C=O) groups excluding carboxylic acids is 1. The van der Waals surface area contributed by atoms with Gasteiger partial charge in [-0.2, -0.15) is 0 Å². The molecule has 0 saturated heterocycles. The fourth-order valence-corrected chi connectivity index (χ4v) is 4.09. The predicted octanol–water partition coefficient (Wildman–Crippen LogP) is 5.99. The number of carboxylic acid groups (broad SMARTS) is 1. The summed E-state index contributed by atoms with van der Waals surface area (Å²) < 4.78 is 6.70. The maximum absolute atomic E-state index is 12.4. The van der Waals surface area contributed by atoms with Crippen molar-refractivity contribution in [3.05, 3.63) is 52.8 Å². The van der Waals surface area contributed by atoms with E-state index in [1.54, 1.807) is 6.07 Å². The molecule has 0 fully saturated rings. The number of nitrogens with one attached hydrogen (secondary N) is 1. The molecule has 2 aromatic heterocycles. The Morgan fingerprint density at radius 1 is 1.16 bits per heavy atom. The van der Waals surface area contributed by atoms with Crippen molar-refractivity contribution >= 4 is 23.1 Å². The molecule has 0 spiro atoms. The lowest BCUT2D eigenvalue weighted by molar-refractivity contribution is 0.0523. The Hall–Kier alpha value is -3.35. The molecule has 0 unspecified atom stereocenters. The zero-order valence-electron chi connectivity index (χ0n) is 19.7. The highest BCUT2D eigenvalue weighted by atomic mass is 16.6. The monoisotopic (exact) mass is 437 g/mol. The number of aryl methyl sites for hydroxylation is 2. The molecule has 32 heavy (non-hydrogen) atoms. The van der Waals surface area contributed by atoms with Gasteiger partial charge in [-0.1, -0.05) is 26.0 Å². The van der Waals surface area contributed by atoms with E-state index in [0.717, 1.165) is 33.5 Å². The normalized spacial score (nSPS) is 11.8. The number of hydrogen-bond acceptors (Lipinski definition) is 4. The zero-order valence-corrected chi connectivity index (χ0v) is 19.7. The Kier molecular flexibility index (Phi) is 6.30. The number of ether oxygens (including phenoxy) is 1. The quantitative estimate of drug-likeness (QED) is 0.522. The van der Waals surface area contributed by atoms with E-state index in [-0.39, 0.29) is 12.5 Å². The van der Waals surface area contributed by atoms with Crippen LogP contribution in [0.5, 0.6) is 0 Å². The minimum absolute atomic E-state index is 0.0459. The van der Waals surface area contributed by atoms with Crippen LogP contribution in [0.1, 0.15) is 63.1 Å². The molecule has 3 rings (SSSR count). The molecule has 1 aromatic carbocycles. The molecule has 170 valence electrons. The SMILES string of the molecule is Cc1cc(-c2c(C(C)C)c3c(CNC(=O)OC(C)(C)C)cccc3n2C(=O)O)cc(C)n1. The highest BCUT2D eigenvalue weighted by molar-refractivity contribution is 6.01. The molecule has 2 N–H and O–H groups in total. The minimum atomic E-state index is -1.05. The first-order valence-electron chi connectivity index (χ1n) is 10.7. The molecule has 0 radical (unpaired) electrons. The van der Waals surface area contributed by atoms with Crippen LogP contribution >= 0.6 is 0 Å². The number of amides is 1. The van der Waals surface area contributed by atoms with Crippen LogP contribution in [0.15, 0.2) is 30.3 Å². The average molecular weight is 438 g/mol. The number of fused-ring (bicyclic) bond motifs is 1. The first-order chi connectivity index (χ1) is 14.9. The Morgan fingerprint density at radius 3 is 2.31 bits per heavy atom. The van der Waals surface area contributed by atoms with Gasteiger partial charge in [-0.25, -0.2) is 14.2 Å². The lowest BCUT2D eigenvalue weighted by atomic mass is 9.93. The van der Waals surface area contributed by atoms with E-state index in [1.807, 2.05) is 72.7 Å². The van der Waals surface area contributed by atoms with Crippen LogP contribution in [-0.4, -0.2) is 32.4 Å². The Morgan fingerprint density at radius 2 is 1.78 bits per heavy atom. The standard InChI is InChI=1S/C25H31N3O4/c1-14(2)20-21-17(13-26-23(29)32-25(5,6)7)9-8-10-19(21)28(24(30)31)22(20)18-11-15(3)27-16(4)12-18/h8-12,14H,13H2,1-7H3,(H,26,29)(H,30,31). The van der Waals surface area contributed by atoms with Crippen LogP contribution in [-0.2, 0) is 11.3 Å². The van der Waals surface area contributed by atoms with Gasteiger partial charge >= 0.3 is 12.2 Å². The number of carbonyl (C=O) groups is 2. The molecule has 0 bridgehead atoms. The summed E-state index contributed by atoms with van der Waals surface area (Å²) >= 11 is 0. The predicted molar refractivity (Wildman–Crippen MR) is 125 cm³/mol. The number of alkyl carbamates (subject to hydrolysis) is 1. The maximum atomic E-state index is 12.4. The Bertz CT molecular complexity index is 1170.